The quantitative estimate of drug-likeness (QED) is 0.551. The standard InChI is InChI=1S/C26H47N/c1-18(2)7-6-8-19(3)22-11-12-23-21-10-9-20-17-27-16-15-25(20,4)24(21)13-14-26(22,23)5/h18-24,27H,6-17H2,1-5H3/t19-,20+,21+,22-,23+,24+,25+,26-/m1/s1. The van der Waals surface area contributed by atoms with Gasteiger partial charge < -0.3 is 5.32 Å². The van der Waals surface area contributed by atoms with Gasteiger partial charge in [-0.2, -0.15) is 0 Å². The molecular formula is C26H47N. The molecule has 0 aromatic rings. The summed E-state index contributed by atoms with van der Waals surface area (Å²) in [6, 6.07) is 0. The van der Waals surface area contributed by atoms with Gasteiger partial charge in [0.2, 0.25) is 0 Å². The predicted molar refractivity (Wildman–Crippen MR) is 117 cm³/mol. The fourth-order valence-electron chi connectivity index (χ4n) is 8.92. The highest BCUT2D eigenvalue weighted by Crippen LogP contribution is 2.67. The third kappa shape index (κ3) is 3.43. The molecule has 3 saturated carbocycles. The lowest BCUT2D eigenvalue weighted by atomic mass is 9.45. The summed E-state index contributed by atoms with van der Waals surface area (Å²) in [4.78, 5) is 0. The van der Waals surface area contributed by atoms with Gasteiger partial charge in [-0.25, -0.2) is 0 Å². The van der Waals surface area contributed by atoms with Crippen molar-refractivity contribution in [1.82, 2.24) is 5.32 Å². The molecule has 0 aromatic heterocycles. The van der Waals surface area contributed by atoms with E-state index in [4.69, 9.17) is 0 Å². The van der Waals surface area contributed by atoms with E-state index in [0.717, 1.165) is 41.4 Å². The van der Waals surface area contributed by atoms with E-state index in [1.54, 1.807) is 19.3 Å². The Morgan fingerprint density at radius 1 is 0.852 bits per heavy atom. The van der Waals surface area contributed by atoms with Crippen LogP contribution in [0.15, 0.2) is 0 Å². The number of rotatable bonds is 5. The van der Waals surface area contributed by atoms with Gasteiger partial charge in [-0.15, -0.1) is 0 Å². The molecule has 1 saturated heterocycles. The first-order valence-electron chi connectivity index (χ1n) is 12.6. The van der Waals surface area contributed by atoms with Crippen LogP contribution in [-0.4, -0.2) is 13.1 Å². The molecule has 1 heteroatoms. The topological polar surface area (TPSA) is 12.0 Å². The molecule has 0 unspecified atom stereocenters. The van der Waals surface area contributed by atoms with Crippen LogP contribution in [0.5, 0.6) is 0 Å². The van der Waals surface area contributed by atoms with Crippen molar-refractivity contribution in [3.05, 3.63) is 0 Å². The van der Waals surface area contributed by atoms with Crippen molar-refractivity contribution in [3.8, 4) is 0 Å². The Kier molecular flexibility index (Phi) is 5.74. The van der Waals surface area contributed by atoms with Crippen LogP contribution >= 0.6 is 0 Å². The summed E-state index contributed by atoms with van der Waals surface area (Å²) in [6.45, 7) is 15.4. The van der Waals surface area contributed by atoms with Crippen molar-refractivity contribution in [2.75, 3.05) is 13.1 Å². The number of nitrogens with one attached hydrogen (secondary N) is 1. The highest BCUT2D eigenvalue weighted by molar-refractivity contribution is 5.09. The van der Waals surface area contributed by atoms with Crippen LogP contribution in [-0.2, 0) is 0 Å². The molecule has 27 heavy (non-hydrogen) atoms. The van der Waals surface area contributed by atoms with Crippen molar-refractivity contribution >= 4 is 0 Å². The number of fused-ring (bicyclic) bond motifs is 5. The predicted octanol–water partition coefficient (Wildman–Crippen LogP) is 6.92. The van der Waals surface area contributed by atoms with Crippen LogP contribution in [0.25, 0.3) is 0 Å². The van der Waals surface area contributed by atoms with Crippen LogP contribution in [0.1, 0.15) is 98.8 Å². The van der Waals surface area contributed by atoms with Gasteiger partial charge in [-0.3, -0.25) is 0 Å². The summed E-state index contributed by atoms with van der Waals surface area (Å²) >= 11 is 0. The van der Waals surface area contributed by atoms with E-state index >= 15 is 0 Å². The second-order valence-electron chi connectivity index (χ2n) is 12.1. The molecule has 8 atom stereocenters. The zero-order valence-corrected chi connectivity index (χ0v) is 19.0. The van der Waals surface area contributed by atoms with Gasteiger partial charge in [0, 0.05) is 0 Å². The van der Waals surface area contributed by atoms with Crippen molar-refractivity contribution in [2.24, 2.45) is 52.3 Å². The van der Waals surface area contributed by atoms with Crippen LogP contribution < -0.4 is 5.32 Å². The minimum Gasteiger partial charge on any atom is -0.316 e. The molecule has 1 N–H and O–H groups in total. The molecule has 0 radical (unpaired) electrons. The molecule has 1 heterocycles. The molecule has 0 spiro atoms. The third-order valence-electron chi connectivity index (χ3n) is 10.5. The summed E-state index contributed by atoms with van der Waals surface area (Å²) in [5, 5.41) is 3.71. The zero-order valence-electron chi connectivity index (χ0n) is 19.0. The average Bonchev–Trinajstić information content (AvgIpc) is 2.98. The van der Waals surface area contributed by atoms with E-state index in [9.17, 15) is 0 Å². The Hall–Kier alpha value is -0.0400. The molecule has 0 amide bonds. The second kappa shape index (κ2) is 7.66. The summed E-state index contributed by atoms with van der Waals surface area (Å²) < 4.78 is 0. The number of piperidine rings is 1. The first-order chi connectivity index (χ1) is 12.9. The van der Waals surface area contributed by atoms with Gasteiger partial charge in [0.15, 0.2) is 0 Å². The van der Waals surface area contributed by atoms with E-state index in [1.807, 2.05) is 0 Å². The minimum atomic E-state index is 0.649. The van der Waals surface area contributed by atoms with Crippen molar-refractivity contribution in [1.29, 1.82) is 0 Å². The first-order valence-corrected chi connectivity index (χ1v) is 12.6. The normalized spacial score (nSPS) is 48.0. The van der Waals surface area contributed by atoms with Crippen LogP contribution in [0.4, 0.5) is 0 Å². The van der Waals surface area contributed by atoms with Crippen molar-refractivity contribution in [3.63, 3.8) is 0 Å². The van der Waals surface area contributed by atoms with Gasteiger partial charge in [0.05, 0.1) is 0 Å². The molecule has 4 fully saturated rings. The van der Waals surface area contributed by atoms with Gasteiger partial charge in [-0.05, 0) is 110 Å². The fraction of sp³-hybridized carbons (Fsp3) is 1.00. The van der Waals surface area contributed by atoms with Gasteiger partial charge in [0.25, 0.3) is 0 Å². The van der Waals surface area contributed by atoms with Gasteiger partial charge in [-0.1, -0.05) is 53.9 Å². The molecule has 1 aliphatic heterocycles. The van der Waals surface area contributed by atoms with Crippen LogP contribution in [0, 0.1) is 52.3 Å². The molecule has 156 valence electrons. The Morgan fingerprint density at radius 2 is 1.63 bits per heavy atom. The Bertz CT molecular complexity index is 512. The maximum Gasteiger partial charge on any atom is -0.00152 e. The largest absolute Gasteiger partial charge is 0.316 e. The minimum absolute atomic E-state index is 0.649. The van der Waals surface area contributed by atoms with Crippen LogP contribution in [0.2, 0.25) is 0 Å². The second-order valence-corrected chi connectivity index (χ2v) is 12.1. The maximum atomic E-state index is 3.71. The lowest BCUT2D eigenvalue weighted by molar-refractivity contribution is -0.110. The summed E-state index contributed by atoms with van der Waals surface area (Å²) in [6.07, 6.45) is 15.0. The summed E-state index contributed by atoms with van der Waals surface area (Å²) in [7, 11) is 0. The molecule has 3 aliphatic carbocycles. The molecule has 4 rings (SSSR count). The zero-order chi connectivity index (χ0) is 19.2. The highest BCUT2D eigenvalue weighted by atomic mass is 14.9. The van der Waals surface area contributed by atoms with Gasteiger partial charge >= 0.3 is 0 Å². The van der Waals surface area contributed by atoms with E-state index in [1.165, 1.54) is 58.0 Å². The van der Waals surface area contributed by atoms with Crippen molar-refractivity contribution in [2.45, 2.75) is 98.8 Å². The first kappa shape index (κ1) is 20.2. The van der Waals surface area contributed by atoms with E-state index in [0.29, 0.717) is 10.8 Å². The van der Waals surface area contributed by atoms with Crippen molar-refractivity contribution < 1.29 is 0 Å². The third-order valence-corrected chi connectivity index (χ3v) is 10.5. The van der Waals surface area contributed by atoms with E-state index in [2.05, 4.69) is 39.9 Å². The molecule has 0 bridgehead atoms. The Labute approximate surface area is 169 Å². The van der Waals surface area contributed by atoms with E-state index in [-0.39, 0.29) is 0 Å². The number of hydrogen-bond acceptors (Lipinski definition) is 1. The molecular weight excluding hydrogens is 326 g/mol. The SMILES string of the molecule is CC(C)CCC[C@@H](C)[C@H]1CC[C@H]2[C@@H]3CC[C@H]4CNCC[C@]4(C)[C@H]3CC[C@]12C. The lowest BCUT2D eigenvalue weighted by Gasteiger charge is -2.60. The lowest BCUT2D eigenvalue weighted by Crippen LogP contribution is -2.56. The molecule has 1 nitrogen and oxygen atoms in total. The van der Waals surface area contributed by atoms with Crippen LogP contribution in [0.3, 0.4) is 0 Å². The Morgan fingerprint density at radius 3 is 2.41 bits per heavy atom. The average molecular weight is 374 g/mol. The summed E-state index contributed by atoms with van der Waals surface area (Å²) in [5.41, 5.74) is 1.31. The highest BCUT2D eigenvalue weighted by Gasteiger charge is 2.60. The monoisotopic (exact) mass is 373 g/mol. The Balaban J connectivity index is 1.46. The van der Waals surface area contributed by atoms with Gasteiger partial charge in [0.1, 0.15) is 0 Å². The fourth-order valence-corrected chi connectivity index (χ4v) is 8.92. The number of hydrogen-bond donors (Lipinski definition) is 1. The molecule has 0 aromatic carbocycles. The maximum absolute atomic E-state index is 3.71. The molecule has 4 aliphatic rings. The summed E-state index contributed by atoms with van der Waals surface area (Å²) in [5.74, 6) is 6.92. The smallest absolute Gasteiger partial charge is 0.00152 e. The van der Waals surface area contributed by atoms with E-state index < -0.39 is 0 Å².